The second-order valence-electron chi connectivity index (χ2n) is 7.59. The number of aromatic nitrogens is 4. The van der Waals surface area contributed by atoms with Gasteiger partial charge in [-0.15, -0.1) is 10.2 Å². The molecule has 162 valence electrons. The Morgan fingerprint density at radius 2 is 1.84 bits per heavy atom. The van der Waals surface area contributed by atoms with E-state index in [1.54, 1.807) is 4.57 Å². The largest absolute Gasteiger partial charge is 0.490 e. The molecule has 1 unspecified atom stereocenters. The first-order chi connectivity index (χ1) is 15.0. The highest BCUT2D eigenvalue weighted by Crippen LogP contribution is 2.24. The number of aliphatic hydroxyl groups excluding tert-OH is 1. The van der Waals surface area contributed by atoms with Crippen molar-refractivity contribution in [3.05, 3.63) is 63.9 Å². The molecule has 0 bridgehead atoms. The van der Waals surface area contributed by atoms with Crippen LogP contribution in [0.5, 0.6) is 5.75 Å². The van der Waals surface area contributed by atoms with Crippen LogP contribution in [-0.2, 0) is 6.54 Å². The number of benzene rings is 2. The van der Waals surface area contributed by atoms with Crippen molar-refractivity contribution in [1.82, 2.24) is 19.2 Å². The second-order valence-corrected chi connectivity index (χ2v) is 8.58. The maximum absolute atomic E-state index is 12.9. The van der Waals surface area contributed by atoms with Crippen molar-refractivity contribution in [2.75, 3.05) is 12.4 Å². The normalized spacial score (nSPS) is 12.5. The summed E-state index contributed by atoms with van der Waals surface area (Å²) < 4.78 is 9.44. The van der Waals surface area contributed by atoms with Crippen LogP contribution in [0.15, 0.2) is 52.4 Å². The fourth-order valence-electron chi connectivity index (χ4n) is 3.68. The van der Waals surface area contributed by atoms with E-state index in [4.69, 9.17) is 4.74 Å². The first-order valence-corrected chi connectivity index (χ1v) is 11.4. The Morgan fingerprint density at radius 3 is 2.58 bits per heavy atom. The number of fused-ring (bicyclic) bond motifs is 3. The number of aryl methyl sites for hydroxylation is 3. The van der Waals surface area contributed by atoms with Crippen LogP contribution in [0, 0.1) is 13.8 Å². The van der Waals surface area contributed by atoms with Crippen LogP contribution in [0.25, 0.3) is 16.7 Å². The van der Waals surface area contributed by atoms with Crippen LogP contribution in [0.1, 0.15) is 24.5 Å². The summed E-state index contributed by atoms with van der Waals surface area (Å²) in [5.41, 5.74) is 2.80. The molecule has 2 aromatic carbocycles. The number of hydrogen-bond acceptors (Lipinski definition) is 6. The van der Waals surface area contributed by atoms with Crippen molar-refractivity contribution < 1.29 is 9.84 Å². The summed E-state index contributed by atoms with van der Waals surface area (Å²) in [7, 11) is 0. The van der Waals surface area contributed by atoms with Gasteiger partial charge in [-0.05, 0) is 43.5 Å². The molecule has 0 aliphatic heterocycles. The summed E-state index contributed by atoms with van der Waals surface area (Å²) in [6, 6.07) is 13.5. The molecular formula is C23H26N4O3S. The van der Waals surface area contributed by atoms with E-state index in [0.29, 0.717) is 28.6 Å². The lowest BCUT2D eigenvalue weighted by molar-refractivity contribution is 0.125. The molecule has 0 saturated heterocycles. The van der Waals surface area contributed by atoms with Crippen molar-refractivity contribution >= 4 is 28.4 Å². The molecule has 1 N–H and O–H groups in total. The summed E-state index contributed by atoms with van der Waals surface area (Å²) in [6.07, 6.45) is 0.140. The minimum Gasteiger partial charge on any atom is -0.490 e. The van der Waals surface area contributed by atoms with E-state index in [1.165, 1.54) is 11.8 Å². The third-order valence-corrected chi connectivity index (χ3v) is 6.23. The monoisotopic (exact) mass is 438 g/mol. The minimum absolute atomic E-state index is 0.0593. The van der Waals surface area contributed by atoms with Crippen molar-refractivity contribution in [2.24, 2.45) is 0 Å². The molecule has 0 radical (unpaired) electrons. The smallest absolute Gasteiger partial charge is 0.262 e. The highest BCUT2D eigenvalue weighted by atomic mass is 32.2. The molecule has 8 heteroatoms. The number of hydrogen-bond donors (Lipinski definition) is 1. The van der Waals surface area contributed by atoms with Crippen LogP contribution in [-0.4, -0.2) is 42.7 Å². The number of nitrogens with zero attached hydrogens (tertiary/aromatic N) is 4. The van der Waals surface area contributed by atoms with E-state index in [-0.39, 0.29) is 12.2 Å². The van der Waals surface area contributed by atoms with Crippen molar-refractivity contribution in [3.63, 3.8) is 0 Å². The zero-order chi connectivity index (χ0) is 22.0. The molecule has 2 heterocycles. The fraction of sp³-hybridized carbons (Fsp3) is 0.348. The summed E-state index contributed by atoms with van der Waals surface area (Å²) in [6.45, 7) is 6.77. The average molecular weight is 439 g/mol. The third-order valence-electron chi connectivity index (χ3n) is 5.16. The van der Waals surface area contributed by atoms with Crippen LogP contribution in [0.3, 0.4) is 0 Å². The molecule has 0 amide bonds. The van der Waals surface area contributed by atoms with E-state index in [9.17, 15) is 9.90 Å². The lowest BCUT2D eigenvalue weighted by Crippen LogP contribution is -2.23. The van der Waals surface area contributed by atoms with Gasteiger partial charge in [0.2, 0.25) is 5.78 Å². The lowest BCUT2D eigenvalue weighted by atomic mass is 10.1. The highest BCUT2D eigenvalue weighted by Gasteiger charge is 2.18. The molecular weight excluding hydrogens is 412 g/mol. The predicted molar refractivity (Wildman–Crippen MR) is 123 cm³/mol. The molecule has 0 aliphatic rings. The molecule has 2 aromatic heterocycles. The Bertz CT molecular complexity index is 1260. The van der Waals surface area contributed by atoms with Crippen LogP contribution in [0.2, 0.25) is 0 Å². The standard InChI is InChI=1S/C23H26N4O3S/c1-4-12-26-21(29)18-10-5-6-11-19(18)27-22(26)24-25-23(27)31-14-17(28)13-30-20-15(2)8-7-9-16(20)3/h5-11,17,28H,4,12-14H2,1-3H3. The van der Waals surface area contributed by atoms with Gasteiger partial charge in [-0.2, -0.15) is 0 Å². The zero-order valence-corrected chi connectivity index (χ0v) is 18.7. The van der Waals surface area contributed by atoms with Crippen LogP contribution in [0.4, 0.5) is 0 Å². The molecule has 0 aliphatic carbocycles. The van der Waals surface area contributed by atoms with Gasteiger partial charge in [0.1, 0.15) is 12.4 Å². The van der Waals surface area contributed by atoms with Gasteiger partial charge in [-0.1, -0.05) is 49.0 Å². The van der Waals surface area contributed by atoms with Crippen molar-refractivity contribution in [3.8, 4) is 5.75 Å². The van der Waals surface area contributed by atoms with Crippen LogP contribution >= 0.6 is 11.8 Å². The van der Waals surface area contributed by atoms with Crippen LogP contribution < -0.4 is 10.3 Å². The Kier molecular flexibility index (Phi) is 6.29. The SMILES string of the molecule is CCCn1c(=O)c2ccccc2n2c(SCC(O)COc3c(C)cccc3C)nnc12. The van der Waals surface area contributed by atoms with Gasteiger partial charge < -0.3 is 9.84 Å². The fourth-order valence-corrected chi connectivity index (χ4v) is 4.52. The highest BCUT2D eigenvalue weighted by molar-refractivity contribution is 7.99. The Labute approximate surface area is 184 Å². The van der Waals surface area contributed by atoms with E-state index in [2.05, 4.69) is 10.2 Å². The topological polar surface area (TPSA) is 81.7 Å². The Hall–Kier alpha value is -2.84. The van der Waals surface area contributed by atoms with E-state index in [1.807, 2.05) is 67.6 Å². The van der Waals surface area contributed by atoms with Gasteiger partial charge in [0, 0.05) is 12.3 Å². The maximum Gasteiger partial charge on any atom is 0.262 e. The number of aliphatic hydroxyl groups is 1. The quantitative estimate of drug-likeness (QED) is 0.423. The lowest BCUT2D eigenvalue weighted by Gasteiger charge is -2.15. The van der Waals surface area contributed by atoms with Crippen molar-refractivity contribution in [2.45, 2.75) is 45.0 Å². The summed E-state index contributed by atoms with van der Waals surface area (Å²) in [5, 5.41) is 20.4. The molecule has 0 spiro atoms. The predicted octanol–water partition coefficient (Wildman–Crippen LogP) is 3.60. The third kappa shape index (κ3) is 4.18. The zero-order valence-electron chi connectivity index (χ0n) is 17.9. The number of rotatable bonds is 8. The van der Waals surface area contributed by atoms with Gasteiger partial charge in [-0.3, -0.25) is 13.8 Å². The first kappa shape index (κ1) is 21.4. The van der Waals surface area contributed by atoms with Gasteiger partial charge >= 0.3 is 0 Å². The number of para-hydroxylation sites is 2. The summed E-state index contributed by atoms with van der Waals surface area (Å²) in [4.78, 5) is 12.9. The molecule has 7 nitrogen and oxygen atoms in total. The average Bonchev–Trinajstić information content (AvgIpc) is 3.19. The summed E-state index contributed by atoms with van der Waals surface area (Å²) >= 11 is 1.40. The van der Waals surface area contributed by atoms with E-state index < -0.39 is 6.10 Å². The Morgan fingerprint density at radius 1 is 1.10 bits per heavy atom. The summed E-state index contributed by atoms with van der Waals surface area (Å²) in [5.74, 6) is 1.73. The van der Waals surface area contributed by atoms with Gasteiger partial charge in [0.25, 0.3) is 5.56 Å². The molecule has 0 saturated carbocycles. The minimum atomic E-state index is -0.677. The van der Waals surface area contributed by atoms with Gasteiger partial charge in [0.15, 0.2) is 5.16 Å². The molecule has 31 heavy (non-hydrogen) atoms. The number of ether oxygens (including phenoxy) is 1. The van der Waals surface area contributed by atoms with Gasteiger partial charge in [-0.25, -0.2) is 0 Å². The molecule has 0 fully saturated rings. The van der Waals surface area contributed by atoms with E-state index in [0.717, 1.165) is 28.8 Å². The molecule has 4 rings (SSSR count). The molecule has 4 aromatic rings. The first-order valence-electron chi connectivity index (χ1n) is 10.4. The van der Waals surface area contributed by atoms with E-state index >= 15 is 0 Å². The Balaban J connectivity index is 1.57. The molecule has 1 atom stereocenters. The second kappa shape index (κ2) is 9.11. The number of thioether (sulfide) groups is 1. The van der Waals surface area contributed by atoms with Gasteiger partial charge in [0.05, 0.1) is 17.0 Å². The maximum atomic E-state index is 12.9. The van der Waals surface area contributed by atoms with Crippen molar-refractivity contribution in [1.29, 1.82) is 0 Å².